The van der Waals surface area contributed by atoms with Crippen LogP contribution in [0.3, 0.4) is 0 Å². The summed E-state index contributed by atoms with van der Waals surface area (Å²) in [5.41, 5.74) is 2.16. The van der Waals surface area contributed by atoms with Gasteiger partial charge in [0.25, 0.3) is 0 Å². The van der Waals surface area contributed by atoms with Crippen molar-refractivity contribution in [2.75, 3.05) is 20.3 Å². The van der Waals surface area contributed by atoms with E-state index in [9.17, 15) is 9.59 Å². The molecule has 30 heavy (non-hydrogen) atoms. The maximum Gasteiger partial charge on any atom is 0.242 e. The first-order valence-electron chi connectivity index (χ1n) is 10.3. The topological polar surface area (TPSA) is 67.9 Å². The normalized spacial score (nSPS) is 11.5. The lowest BCUT2D eigenvalue weighted by atomic mass is 10.1. The van der Waals surface area contributed by atoms with Gasteiger partial charge in [0.2, 0.25) is 11.8 Å². The molecule has 0 aromatic heterocycles. The molecule has 1 N–H and O–H groups in total. The highest BCUT2D eigenvalue weighted by atomic mass is 16.5. The van der Waals surface area contributed by atoms with Gasteiger partial charge in [0.15, 0.2) is 0 Å². The zero-order chi connectivity index (χ0) is 21.9. The molecular formula is C24H32N2O4. The fraction of sp³-hybridized carbons (Fsp3) is 0.417. The van der Waals surface area contributed by atoms with Crippen molar-refractivity contribution in [3.8, 4) is 11.5 Å². The van der Waals surface area contributed by atoms with Crippen LogP contribution in [0, 0.1) is 6.92 Å². The molecule has 2 aromatic carbocycles. The van der Waals surface area contributed by atoms with Crippen LogP contribution in [0.25, 0.3) is 0 Å². The highest BCUT2D eigenvalue weighted by molar-refractivity contribution is 5.87. The summed E-state index contributed by atoms with van der Waals surface area (Å²) >= 11 is 0. The Labute approximate surface area is 179 Å². The molecule has 0 spiro atoms. The number of ether oxygens (including phenoxy) is 2. The monoisotopic (exact) mass is 412 g/mol. The van der Waals surface area contributed by atoms with Gasteiger partial charge in [0.1, 0.15) is 17.5 Å². The number of benzene rings is 2. The number of aryl methyl sites for hydroxylation is 1. The van der Waals surface area contributed by atoms with E-state index in [0.29, 0.717) is 32.5 Å². The Morgan fingerprint density at radius 1 is 1.03 bits per heavy atom. The molecule has 6 heteroatoms. The van der Waals surface area contributed by atoms with E-state index in [-0.39, 0.29) is 11.8 Å². The largest absolute Gasteiger partial charge is 0.497 e. The van der Waals surface area contributed by atoms with Crippen molar-refractivity contribution < 1.29 is 19.1 Å². The predicted molar refractivity (Wildman–Crippen MR) is 118 cm³/mol. The Balaban J connectivity index is 1.94. The SMILES string of the molecule is CCNC(=O)[C@H](C)N(Cc1ccc(C)cc1)C(=O)CCCOc1ccc(OC)cc1. The van der Waals surface area contributed by atoms with Gasteiger partial charge < -0.3 is 19.7 Å². The van der Waals surface area contributed by atoms with Crippen LogP contribution < -0.4 is 14.8 Å². The number of hydrogen-bond donors (Lipinski definition) is 1. The Kier molecular flexibility index (Phi) is 9.19. The summed E-state index contributed by atoms with van der Waals surface area (Å²) in [5, 5.41) is 2.81. The van der Waals surface area contributed by atoms with Crippen LogP contribution in [-0.4, -0.2) is 43.0 Å². The molecule has 162 valence electrons. The van der Waals surface area contributed by atoms with Crippen molar-refractivity contribution in [1.29, 1.82) is 0 Å². The molecule has 0 aliphatic rings. The van der Waals surface area contributed by atoms with Gasteiger partial charge in [-0.25, -0.2) is 0 Å². The number of nitrogens with zero attached hydrogens (tertiary/aromatic N) is 1. The summed E-state index contributed by atoms with van der Waals surface area (Å²) in [6, 6.07) is 14.8. The molecule has 2 rings (SSSR count). The van der Waals surface area contributed by atoms with Gasteiger partial charge in [-0.2, -0.15) is 0 Å². The van der Waals surface area contributed by atoms with Crippen LogP contribution in [0.4, 0.5) is 0 Å². The van der Waals surface area contributed by atoms with Crippen LogP contribution in [0.15, 0.2) is 48.5 Å². The smallest absolute Gasteiger partial charge is 0.242 e. The summed E-state index contributed by atoms with van der Waals surface area (Å²) in [7, 11) is 1.62. The molecule has 0 aliphatic heterocycles. The summed E-state index contributed by atoms with van der Waals surface area (Å²) in [4.78, 5) is 26.9. The standard InChI is InChI=1S/C24H32N2O4/c1-5-25-24(28)19(3)26(17-20-10-8-18(2)9-11-20)23(27)7-6-16-30-22-14-12-21(29-4)13-15-22/h8-15,19H,5-7,16-17H2,1-4H3,(H,25,28)/t19-/m0/s1. The molecule has 2 aromatic rings. The van der Waals surface area contributed by atoms with Gasteiger partial charge in [-0.05, 0) is 57.0 Å². The van der Waals surface area contributed by atoms with Crippen molar-refractivity contribution in [3.05, 3.63) is 59.7 Å². The number of carbonyl (C=O) groups is 2. The molecule has 0 unspecified atom stereocenters. The first kappa shape index (κ1) is 23.3. The van der Waals surface area contributed by atoms with Gasteiger partial charge in [-0.15, -0.1) is 0 Å². The van der Waals surface area contributed by atoms with E-state index >= 15 is 0 Å². The molecule has 1 atom stereocenters. The third-order valence-corrected chi connectivity index (χ3v) is 4.85. The lowest BCUT2D eigenvalue weighted by Crippen LogP contribution is -2.47. The van der Waals surface area contributed by atoms with Crippen LogP contribution in [0.1, 0.15) is 37.8 Å². The van der Waals surface area contributed by atoms with E-state index in [1.807, 2.05) is 62.4 Å². The van der Waals surface area contributed by atoms with E-state index < -0.39 is 6.04 Å². The molecule has 6 nitrogen and oxygen atoms in total. The summed E-state index contributed by atoms with van der Waals surface area (Å²) < 4.78 is 10.8. The van der Waals surface area contributed by atoms with Gasteiger partial charge in [-0.3, -0.25) is 9.59 Å². The third kappa shape index (κ3) is 7.10. The Morgan fingerprint density at radius 2 is 1.67 bits per heavy atom. The minimum absolute atomic E-state index is 0.0624. The Bertz CT molecular complexity index is 803. The van der Waals surface area contributed by atoms with Crippen molar-refractivity contribution >= 4 is 11.8 Å². The second kappa shape index (κ2) is 11.9. The number of methoxy groups -OCH3 is 1. The summed E-state index contributed by atoms with van der Waals surface area (Å²) in [6.07, 6.45) is 0.878. The van der Waals surface area contributed by atoms with Crippen LogP contribution in [0.2, 0.25) is 0 Å². The van der Waals surface area contributed by atoms with Gasteiger partial charge in [-0.1, -0.05) is 29.8 Å². The van der Waals surface area contributed by atoms with Crippen molar-refractivity contribution in [1.82, 2.24) is 10.2 Å². The molecule has 0 fully saturated rings. The van der Waals surface area contributed by atoms with Crippen molar-refractivity contribution in [3.63, 3.8) is 0 Å². The highest BCUT2D eigenvalue weighted by Gasteiger charge is 2.25. The lowest BCUT2D eigenvalue weighted by Gasteiger charge is -2.29. The number of rotatable bonds is 11. The molecule has 0 bridgehead atoms. The maximum atomic E-state index is 12.9. The molecule has 0 radical (unpaired) electrons. The molecule has 0 aliphatic carbocycles. The quantitative estimate of drug-likeness (QED) is 0.571. The number of likely N-dealkylation sites (N-methyl/N-ethyl adjacent to an activating group) is 1. The number of amides is 2. The van der Waals surface area contributed by atoms with Crippen LogP contribution in [0.5, 0.6) is 11.5 Å². The summed E-state index contributed by atoms with van der Waals surface area (Å²) in [6.45, 7) is 7.01. The average Bonchev–Trinajstić information content (AvgIpc) is 2.76. The zero-order valence-electron chi connectivity index (χ0n) is 18.3. The molecule has 0 saturated carbocycles. The second-order valence-electron chi connectivity index (χ2n) is 7.21. The summed E-state index contributed by atoms with van der Waals surface area (Å²) in [5.74, 6) is 1.29. The van der Waals surface area contributed by atoms with Crippen molar-refractivity contribution in [2.24, 2.45) is 0 Å². The average molecular weight is 413 g/mol. The first-order chi connectivity index (χ1) is 14.4. The highest BCUT2D eigenvalue weighted by Crippen LogP contribution is 2.18. The minimum Gasteiger partial charge on any atom is -0.497 e. The predicted octanol–water partition coefficient (Wildman–Crippen LogP) is 3.72. The Hall–Kier alpha value is -3.02. The number of hydrogen-bond acceptors (Lipinski definition) is 4. The van der Waals surface area contributed by atoms with E-state index in [4.69, 9.17) is 9.47 Å². The number of carbonyl (C=O) groups excluding carboxylic acids is 2. The van der Waals surface area contributed by atoms with E-state index in [0.717, 1.165) is 22.6 Å². The van der Waals surface area contributed by atoms with E-state index in [1.54, 1.807) is 18.9 Å². The lowest BCUT2D eigenvalue weighted by molar-refractivity contribution is -0.140. The molecular weight excluding hydrogens is 380 g/mol. The zero-order valence-corrected chi connectivity index (χ0v) is 18.3. The molecule has 0 saturated heterocycles. The van der Waals surface area contributed by atoms with Gasteiger partial charge in [0, 0.05) is 19.5 Å². The van der Waals surface area contributed by atoms with E-state index in [1.165, 1.54) is 0 Å². The minimum atomic E-state index is -0.541. The third-order valence-electron chi connectivity index (χ3n) is 4.85. The van der Waals surface area contributed by atoms with Crippen LogP contribution in [-0.2, 0) is 16.1 Å². The van der Waals surface area contributed by atoms with E-state index in [2.05, 4.69) is 5.32 Å². The number of nitrogens with one attached hydrogen (secondary N) is 1. The Morgan fingerprint density at radius 3 is 2.27 bits per heavy atom. The van der Waals surface area contributed by atoms with Gasteiger partial charge >= 0.3 is 0 Å². The second-order valence-corrected chi connectivity index (χ2v) is 7.21. The molecule has 0 heterocycles. The fourth-order valence-corrected chi connectivity index (χ4v) is 3.02. The fourth-order valence-electron chi connectivity index (χ4n) is 3.02. The van der Waals surface area contributed by atoms with Gasteiger partial charge in [0.05, 0.1) is 13.7 Å². The van der Waals surface area contributed by atoms with Crippen LogP contribution >= 0.6 is 0 Å². The molecule has 2 amide bonds. The first-order valence-corrected chi connectivity index (χ1v) is 10.3. The van der Waals surface area contributed by atoms with Crippen molar-refractivity contribution in [2.45, 2.75) is 46.2 Å². The maximum absolute atomic E-state index is 12.9.